The van der Waals surface area contributed by atoms with Crippen molar-refractivity contribution >= 4 is 21.6 Å². The Kier molecular flexibility index (Phi) is 7.86. The van der Waals surface area contributed by atoms with Crippen molar-refractivity contribution in [1.82, 2.24) is 5.32 Å². The zero-order valence-electron chi connectivity index (χ0n) is 18.0. The van der Waals surface area contributed by atoms with E-state index in [9.17, 15) is 13.2 Å². The first-order valence-corrected chi connectivity index (χ1v) is 11.5. The minimum absolute atomic E-state index is 0.151. The van der Waals surface area contributed by atoms with Gasteiger partial charge in [-0.15, -0.1) is 0 Å². The summed E-state index contributed by atoms with van der Waals surface area (Å²) in [6, 6.07) is 22.4. The second-order valence-electron chi connectivity index (χ2n) is 6.99. The van der Waals surface area contributed by atoms with Crippen molar-refractivity contribution in [3.8, 4) is 5.75 Å². The molecule has 3 aromatic carbocycles. The van der Waals surface area contributed by atoms with Gasteiger partial charge in [-0.25, -0.2) is 8.42 Å². The van der Waals surface area contributed by atoms with Gasteiger partial charge < -0.3 is 14.8 Å². The Labute approximate surface area is 188 Å². The summed E-state index contributed by atoms with van der Waals surface area (Å²) < 4.78 is 37.5. The van der Waals surface area contributed by atoms with Crippen LogP contribution in [0.2, 0.25) is 0 Å². The monoisotopic (exact) mass is 454 g/mol. The number of nitrogens with zero attached hydrogens (tertiary/aromatic N) is 1. The van der Waals surface area contributed by atoms with Crippen molar-refractivity contribution in [1.29, 1.82) is 0 Å². The van der Waals surface area contributed by atoms with Crippen LogP contribution in [0.15, 0.2) is 83.8 Å². The number of rotatable bonds is 10. The molecule has 0 spiro atoms. The third kappa shape index (κ3) is 5.87. The van der Waals surface area contributed by atoms with Crippen LogP contribution < -0.4 is 14.4 Å². The van der Waals surface area contributed by atoms with Gasteiger partial charge in [0.25, 0.3) is 15.9 Å². The predicted octanol–water partition coefficient (Wildman–Crippen LogP) is 3.47. The molecular weight excluding hydrogens is 428 g/mol. The number of ether oxygens (including phenoxy) is 2. The van der Waals surface area contributed by atoms with E-state index in [0.717, 1.165) is 5.56 Å². The van der Waals surface area contributed by atoms with Crippen LogP contribution in [0.3, 0.4) is 0 Å². The van der Waals surface area contributed by atoms with Gasteiger partial charge in [0.2, 0.25) is 0 Å². The second kappa shape index (κ2) is 10.8. The lowest BCUT2D eigenvalue weighted by Crippen LogP contribution is -2.28. The molecule has 3 rings (SSSR count). The molecule has 7 nitrogen and oxygen atoms in total. The van der Waals surface area contributed by atoms with Crippen LogP contribution in [-0.2, 0) is 21.4 Å². The maximum absolute atomic E-state index is 12.8. The molecule has 0 atom stereocenters. The molecule has 0 aliphatic heterocycles. The van der Waals surface area contributed by atoms with Gasteiger partial charge in [0.05, 0.1) is 30.9 Å². The molecule has 3 aromatic rings. The largest absolute Gasteiger partial charge is 0.497 e. The Hall–Kier alpha value is -3.36. The Morgan fingerprint density at radius 1 is 0.938 bits per heavy atom. The van der Waals surface area contributed by atoms with Crippen molar-refractivity contribution in [3.05, 3.63) is 90.0 Å². The molecule has 0 radical (unpaired) electrons. The maximum atomic E-state index is 12.8. The fraction of sp³-hybridized carbons (Fsp3) is 0.208. The number of hydrogen-bond acceptors (Lipinski definition) is 5. The van der Waals surface area contributed by atoms with Gasteiger partial charge in [-0.2, -0.15) is 0 Å². The van der Waals surface area contributed by atoms with Gasteiger partial charge in [-0.1, -0.05) is 30.3 Å². The second-order valence-corrected chi connectivity index (χ2v) is 8.96. The fourth-order valence-corrected chi connectivity index (χ4v) is 4.17. The molecular formula is C24H26N2O5S. The smallest absolute Gasteiger partial charge is 0.264 e. The number of hydrogen-bond donors (Lipinski definition) is 1. The van der Waals surface area contributed by atoms with Crippen molar-refractivity contribution < 1.29 is 22.7 Å². The Morgan fingerprint density at radius 3 is 2.22 bits per heavy atom. The molecule has 0 aliphatic rings. The highest BCUT2D eigenvalue weighted by atomic mass is 32.2. The molecule has 168 valence electrons. The minimum atomic E-state index is -3.73. The van der Waals surface area contributed by atoms with Gasteiger partial charge in [0.15, 0.2) is 0 Å². The van der Waals surface area contributed by atoms with Crippen molar-refractivity contribution in [3.63, 3.8) is 0 Å². The van der Waals surface area contributed by atoms with Gasteiger partial charge in [-0.3, -0.25) is 9.10 Å². The van der Waals surface area contributed by atoms with Gasteiger partial charge >= 0.3 is 0 Å². The number of nitrogens with one attached hydrogen (secondary N) is 1. The molecule has 0 saturated heterocycles. The van der Waals surface area contributed by atoms with E-state index in [1.165, 1.54) is 30.6 Å². The van der Waals surface area contributed by atoms with Crippen LogP contribution >= 0.6 is 0 Å². The van der Waals surface area contributed by atoms with Crippen molar-refractivity contribution in [2.75, 3.05) is 31.6 Å². The Bertz CT molecular complexity index is 1120. The van der Waals surface area contributed by atoms with E-state index in [4.69, 9.17) is 9.47 Å². The van der Waals surface area contributed by atoms with E-state index in [-0.39, 0.29) is 10.8 Å². The zero-order valence-corrected chi connectivity index (χ0v) is 18.8. The third-order valence-electron chi connectivity index (χ3n) is 4.85. The molecule has 0 unspecified atom stereocenters. The quantitative estimate of drug-likeness (QED) is 0.474. The topological polar surface area (TPSA) is 84.9 Å². The summed E-state index contributed by atoms with van der Waals surface area (Å²) in [5.41, 5.74) is 1.96. The van der Waals surface area contributed by atoms with Crippen molar-refractivity contribution in [2.24, 2.45) is 0 Å². The normalized spacial score (nSPS) is 11.1. The van der Waals surface area contributed by atoms with Crippen LogP contribution in [0.5, 0.6) is 5.75 Å². The average Bonchev–Trinajstić information content (AvgIpc) is 2.84. The highest BCUT2D eigenvalue weighted by Crippen LogP contribution is 2.24. The summed E-state index contributed by atoms with van der Waals surface area (Å²) in [6.45, 7) is 1.25. The van der Waals surface area contributed by atoms with E-state index >= 15 is 0 Å². The van der Waals surface area contributed by atoms with Crippen LogP contribution in [0.25, 0.3) is 0 Å². The summed E-state index contributed by atoms with van der Waals surface area (Å²) in [7, 11) is -0.743. The van der Waals surface area contributed by atoms with Gasteiger partial charge in [0, 0.05) is 19.2 Å². The summed E-state index contributed by atoms with van der Waals surface area (Å²) >= 11 is 0. The number of amides is 1. The van der Waals surface area contributed by atoms with Crippen LogP contribution in [0.4, 0.5) is 5.69 Å². The summed E-state index contributed by atoms with van der Waals surface area (Å²) in [5, 5.41) is 2.79. The van der Waals surface area contributed by atoms with Gasteiger partial charge in [0.1, 0.15) is 5.75 Å². The molecule has 1 amide bonds. The van der Waals surface area contributed by atoms with E-state index in [1.54, 1.807) is 36.4 Å². The van der Waals surface area contributed by atoms with E-state index in [2.05, 4.69) is 5.32 Å². The first-order chi connectivity index (χ1) is 15.4. The lowest BCUT2D eigenvalue weighted by Gasteiger charge is -2.20. The van der Waals surface area contributed by atoms with Crippen LogP contribution in [0.1, 0.15) is 15.9 Å². The molecule has 0 aromatic heterocycles. The molecule has 1 N–H and O–H groups in total. The number of sulfonamides is 1. The summed E-state index contributed by atoms with van der Waals surface area (Å²) in [4.78, 5) is 12.5. The predicted molar refractivity (Wildman–Crippen MR) is 123 cm³/mol. The van der Waals surface area contributed by atoms with E-state index < -0.39 is 10.0 Å². The molecule has 0 bridgehead atoms. The first-order valence-electron chi connectivity index (χ1n) is 10.0. The number of anilines is 1. The number of methoxy groups -OCH3 is 1. The molecule has 0 fully saturated rings. The minimum Gasteiger partial charge on any atom is -0.497 e. The first kappa shape index (κ1) is 23.3. The lowest BCUT2D eigenvalue weighted by atomic mass is 10.2. The zero-order chi connectivity index (χ0) is 23.0. The molecule has 0 saturated carbocycles. The highest BCUT2D eigenvalue weighted by molar-refractivity contribution is 7.92. The van der Waals surface area contributed by atoms with E-state index in [1.807, 2.05) is 30.3 Å². The standard InChI is InChI=1S/C24H26N2O5S/c1-26(32(28,29)23-14-12-22(30-2)13-15-23)21-10-8-20(9-11-21)24(27)25-16-17-31-18-19-6-4-3-5-7-19/h3-15H,16-18H2,1-2H3,(H,25,27). The maximum Gasteiger partial charge on any atom is 0.264 e. The molecule has 0 heterocycles. The molecule has 32 heavy (non-hydrogen) atoms. The Morgan fingerprint density at radius 2 is 1.59 bits per heavy atom. The molecule has 0 aliphatic carbocycles. The van der Waals surface area contributed by atoms with Crippen LogP contribution in [0, 0.1) is 0 Å². The average molecular weight is 455 g/mol. The van der Waals surface area contributed by atoms with Crippen LogP contribution in [-0.4, -0.2) is 41.6 Å². The Balaban J connectivity index is 1.53. The summed E-state index contributed by atoms with van der Waals surface area (Å²) in [5.74, 6) is 0.327. The number of benzene rings is 3. The highest BCUT2D eigenvalue weighted by Gasteiger charge is 2.21. The van der Waals surface area contributed by atoms with Crippen molar-refractivity contribution in [2.45, 2.75) is 11.5 Å². The molecule has 8 heteroatoms. The SMILES string of the molecule is COc1ccc(S(=O)(=O)N(C)c2ccc(C(=O)NCCOCc3ccccc3)cc2)cc1. The number of carbonyl (C=O) groups is 1. The number of carbonyl (C=O) groups excluding carboxylic acids is 1. The van der Waals surface area contributed by atoms with E-state index in [0.29, 0.717) is 36.8 Å². The van der Waals surface area contributed by atoms with Gasteiger partial charge in [-0.05, 0) is 54.1 Å². The third-order valence-corrected chi connectivity index (χ3v) is 6.65. The fourth-order valence-electron chi connectivity index (χ4n) is 2.97. The lowest BCUT2D eigenvalue weighted by molar-refractivity contribution is 0.0901. The summed E-state index contributed by atoms with van der Waals surface area (Å²) in [6.07, 6.45) is 0.